The van der Waals surface area contributed by atoms with Crippen molar-refractivity contribution in [3.63, 3.8) is 0 Å². The molecule has 0 unspecified atom stereocenters. The molecule has 1 aliphatic rings. The van der Waals surface area contributed by atoms with Gasteiger partial charge in [0.2, 0.25) is 0 Å². The van der Waals surface area contributed by atoms with Crippen LogP contribution in [0.4, 0.5) is 0 Å². The Morgan fingerprint density at radius 2 is 2.12 bits per heavy atom. The van der Waals surface area contributed by atoms with Gasteiger partial charge in [-0.2, -0.15) is 0 Å². The van der Waals surface area contributed by atoms with Crippen molar-refractivity contribution < 1.29 is 14.3 Å². The molecule has 0 bridgehead atoms. The van der Waals surface area contributed by atoms with Crippen LogP contribution in [0.3, 0.4) is 0 Å². The van der Waals surface area contributed by atoms with E-state index in [1.54, 1.807) is 0 Å². The van der Waals surface area contributed by atoms with Crippen molar-refractivity contribution in [2.45, 2.75) is 5.03 Å². The third-order valence-electron chi connectivity index (χ3n) is 2.04. The van der Waals surface area contributed by atoms with Crippen molar-refractivity contribution in [3.8, 4) is 0 Å². The molecule has 0 radical (unpaired) electrons. The van der Waals surface area contributed by atoms with E-state index in [0.717, 1.165) is 17.8 Å². The summed E-state index contributed by atoms with van der Waals surface area (Å²) >= 11 is 1.04. The van der Waals surface area contributed by atoms with Crippen LogP contribution in [0.15, 0.2) is 28.7 Å². The fourth-order valence-corrected chi connectivity index (χ4v) is 2.17. The molecule has 0 fully saturated rings. The zero-order chi connectivity index (χ0) is 11.8. The Balaban J connectivity index is 2.00. The number of carbonyl (C=O) groups excluding carboxylic acids is 2. The molecule has 17 heavy (non-hydrogen) atoms. The van der Waals surface area contributed by atoms with Crippen LogP contribution in [0.1, 0.15) is 0 Å². The number of nitrogens with zero attached hydrogens (tertiary/aromatic N) is 3. The number of cyclic esters (lactones) is 2. The normalized spacial score (nSPS) is 15.2. The third kappa shape index (κ3) is 1.68. The summed E-state index contributed by atoms with van der Waals surface area (Å²) in [6.45, 7) is 0. The van der Waals surface area contributed by atoms with E-state index in [2.05, 4.69) is 24.7 Å². The second-order valence-corrected chi connectivity index (χ2v) is 4.13. The molecule has 0 atom stereocenters. The van der Waals surface area contributed by atoms with Gasteiger partial charge >= 0.3 is 11.9 Å². The highest BCUT2D eigenvalue weighted by atomic mass is 32.2. The molecule has 2 aromatic rings. The molecule has 0 saturated carbocycles. The predicted octanol–water partition coefficient (Wildman–Crippen LogP) is 0.412. The molecule has 0 aliphatic carbocycles. The van der Waals surface area contributed by atoms with Gasteiger partial charge in [-0.25, -0.2) is 24.5 Å². The van der Waals surface area contributed by atoms with Crippen molar-refractivity contribution >= 4 is 34.9 Å². The lowest BCUT2D eigenvalue weighted by atomic mass is 10.5. The maximum absolute atomic E-state index is 11.3. The van der Waals surface area contributed by atoms with Crippen molar-refractivity contribution in [1.82, 2.24) is 19.9 Å². The summed E-state index contributed by atoms with van der Waals surface area (Å²) in [4.78, 5) is 37.1. The lowest BCUT2D eigenvalue weighted by Gasteiger charge is -1.98. The average molecular weight is 248 g/mol. The average Bonchev–Trinajstić information content (AvgIpc) is 2.87. The molecular weight excluding hydrogens is 244 g/mol. The predicted molar refractivity (Wildman–Crippen MR) is 56.7 cm³/mol. The van der Waals surface area contributed by atoms with Gasteiger partial charge in [-0.15, -0.1) is 0 Å². The molecule has 1 N–H and O–H groups in total. The lowest BCUT2D eigenvalue weighted by molar-refractivity contribution is -0.150. The molecule has 0 amide bonds. The maximum Gasteiger partial charge on any atom is 0.353 e. The Labute approximate surface area is 98.3 Å². The Morgan fingerprint density at radius 1 is 1.24 bits per heavy atom. The summed E-state index contributed by atoms with van der Waals surface area (Å²) in [5.74, 6) is -1.32. The fraction of sp³-hybridized carbons (Fsp3) is 0. The fourth-order valence-electron chi connectivity index (χ4n) is 1.33. The SMILES string of the molecule is O=C1C=C(Sc2ncnc3nc[nH]c23)C(=O)O1. The van der Waals surface area contributed by atoms with Gasteiger partial charge in [0.05, 0.1) is 6.33 Å². The van der Waals surface area contributed by atoms with Crippen LogP contribution in [0.2, 0.25) is 0 Å². The van der Waals surface area contributed by atoms with Crippen LogP contribution < -0.4 is 0 Å². The highest BCUT2D eigenvalue weighted by molar-refractivity contribution is 8.04. The highest BCUT2D eigenvalue weighted by Gasteiger charge is 2.25. The van der Waals surface area contributed by atoms with E-state index in [-0.39, 0.29) is 4.91 Å². The van der Waals surface area contributed by atoms with Gasteiger partial charge in [-0.1, -0.05) is 11.8 Å². The molecule has 2 aromatic heterocycles. The molecule has 3 rings (SSSR count). The first-order chi connectivity index (χ1) is 8.24. The number of imidazole rings is 1. The number of hydrogen-bond acceptors (Lipinski definition) is 7. The van der Waals surface area contributed by atoms with Crippen LogP contribution in [-0.4, -0.2) is 31.9 Å². The van der Waals surface area contributed by atoms with Crippen LogP contribution in [-0.2, 0) is 14.3 Å². The van der Waals surface area contributed by atoms with Crippen molar-refractivity contribution in [2.75, 3.05) is 0 Å². The van der Waals surface area contributed by atoms with Gasteiger partial charge in [-0.05, 0) is 0 Å². The highest BCUT2D eigenvalue weighted by Crippen LogP contribution is 2.31. The quantitative estimate of drug-likeness (QED) is 0.467. The van der Waals surface area contributed by atoms with Gasteiger partial charge in [0.15, 0.2) is 5.65 Å². The summed E-state index contributed by atoms with van der Waals surface area (Å²) in [7, 11) is 0. The molecule has 7 nitrogen and oxygen atoms in total. The number of esters is 2. The first-order valence-electron chi connectivity index (χ1n) is 4.54. The Kier molecular flexibility index (Phi) is 2.15. The minimum atomic E-state index is -0.661. The number of thioether (sulfide) groups is 1. The largest absolute Gasteiger partial charge is 0.386 e. The Hall–Kier alpha value is -2.22. The summed E-state index contributed by atoms with van der Waals surface area (Å²) < 4.78 is 4.38. The van der Waals surface area contributed by atoms with Gasteiger partial charge in [0, 0.05) is 6.08 Å². The van der Waals surface area contributed by atoms with Crippen LogP contribution in [0.5, 0.6) is 0 Å². The van der Waals surface area contributed by atoms with E-state index in [1.165, 1.54) is 12.7 Å². The van der Waals surface area contributed by atoms with Gasteiger partial charge in [-0.3, -0.25) is 0 Å². The topological polar surface area (TPSA) is 97.8 Å². The molecule has 84 valence electrons. The van der Waals surface area contributed by atoms with Crippen LogP contribution >= 0.6 is 11.8 Å². The van der Waals surface area contributed by atoms with Gasteiger partial charge in [0.1, 0.15) is 21.8 Å². The number of H-pyrrole nitrogens is 1. The molecule has 1 aliphatic heterocycles. The molecular formula is C9H4N4O3S. The van der Waals surface area contributed by atoms with Gasteiger partial charge < -0.3 is 9.72 Å². The van der Waals surface area contributed by atoms with Crippen LogP contribution in [0.25, 0.3) is 11.2 Å². The first-order valence-corrected chi connectivity index (χ1v) is 5.35. The van der Waals surface area contributed by atoms with Crippen molar-refractivity contribution in [2.24, 2.45) is 0 Å². The van der Waals surface area contributed by atoms with Crippen molar-refractivity contribution in [1.29, 1.82) is 0 Å². The Morgan fingerprint density at radius 3 is 2.88 bits per heavy atom. The third-order valence-corrected chi connectivity index (χ3v) is 3.05. The molecule has 0 saturated heterocycles. The maximum atomic E-state index is 11.3. The number of aromatic amines is 1. The van der Waals surface area contributed by atoms with E-state index < -0.39 is 11.9 Å². The van der Waals surface area contributed by atoms with E-state index in [1.807, 2.05) is 0 Å². The van der Waals surface area contributed by atoms with Crippen LogP contribution in [0, 0.1) is 0 Å². The smallest absolute Gasteiger partial charge is 0.353 e. The lowest BCUT2D eigenvalue weighted by Crippen LogP contribution is -2.00. The second-order valence-electron chi connectivity index (χ2n) is 3.10. The van der Waals surface area contributed by atoms with E-state index in [0.29, 0.717) is 16.2 Å². The molecule has 0 spiro atoms. The Bertz CT molecular complexity index is 663. The number of ether oxygens (including phenoxy) is 1. The molecule has 8 heteroatoms. The number of nitrogens with one attached hydrogen (secondary N) is 1. The zero-order valence-corrected chi connectivity index (χ0v) is 9.02. The molecule has 0 aromatic carbocycles. The minimum Gasteiger partial charge on any atom is -0.386 e. The number of hydrogen-bond donors (Lipinski definition) is 1. The monoisotopic (exact) mass is 248 g/mol. The minimum absolute atomic E-state index is 0.199. The van der Waals surface area contributed by atoms with Gasteiger partial charge in [0.25, 0.3) is 0 Å². The number of fused-ring (bicyclic) bond motifs is 1. The summed E-state index contributed by atoms with van der Waals surface area (Å²) in [5, 5.41) is 0.519. The molecule has 3 heterocycles. The second kappa shape index (κ2) is 3.67. The van der Waals surface area contributed by atoms with E-state index in [4.69, 9.17) is 0 Å². The number of aromatic nitrogens is 4. The number of rotatable bonds is 2. The van der Waals surface area contributed by atoms with E-state index in [9.17, 15) is 9.59 Å². The summed E-state index contributed by atoms with van der Waals surface area (Å²) in [5.41, 5.74) is 1.12. The zero-order valence-electron chi connectivity index (χ0n) is 8.21. The van der Waals surface area contributed by atoms with Crippen molar-refractivity contribution in [3.05, 3.63) is 23.6 Å². The standard InChI is InChI=1S/C9H4N4O3S/c14-5-1-4(9(15)16-5)17-8-6-7(11-2-10-6)12-3-13-8/h1-3H,(H,10,11,12,13). The number of carbonyl (C=O) groups is 2. The summed E-state index contributed by atoms with van der Waals surface area (Å²) in [6, 6.07) is 0. The van der Waals surface area contributed by atoms with E-state index >= 15 is 0 Å². The first kappa shape index (κ1) is 9.97. The summed E-state index contributed by atoms with van der Waals surface area (Å²) in [6.07, 6.45) is 3.96.